The summed E-state index contributed by atoms with van der Waals surface area (Å²) in [6.45, 7) is 8.87. The maximum Gasteiger partial charge on any atom is 0.365 e. The number of amides is 2. The molecule has 18 heavy (non-hydrogen) atoms. The monoisotopic (exact) mass is 251 g/mol. The Morgan fingerprint density at radius 1 is 1.39 bits per heavy atom. The Morgan fingerprint density at radius 3 is 2.94 bits per heavy atom. The van der Waals surface area contributed by atoms with Crippen molar-refractivity contribution in [3.05, 3.63) is 12.3 Å². The van der Waals surface area contributed by atoms with Crippen molar-refractivity contribution in [3.63, 3.8) is 0 Å². The molecule has 2 aliphatic rings. The summed E-state index contributed by atoms with van der Waals surface area (Å²) in [6.07, 6.45) is 0.934. The number of aliphatic imine (C=N–C) groups is 1. The zero-order valence-electron chi connectivity index (χ0n) is 10.3. The summed E-state index contributed by atoms with van der Waals surface area (Å²) in [5.41, 5.74) is 0.404. The van der Waals surface area contributed by atoms with Crippen LogP contribution in [0.3, 0.4) is 0 Å². The molecule has 0 atom stereocenters. The minimum Gasteiger partial charge on any atom is -0.379 e. The number of hydrogen-bond acceptors (Lipinski definition) is 5. The van der Waals surface area contributed by atoms with Crippen molar-refractivity contribution in [2.75, 3.05) is 39.4 Å². The van der Waals surface area contributed by atoms with E-state index in [-0.39, 0.29) is 0 Å². The van der Waals surface area contributed by atoms with Gasteiger partial charge in [-0.25, -0.2) is 4.79 Å². The highest BCUT2D eigenvalue weighted by Crippen LogP contribution is 2.04. The van der Waals surface area contributed by atoms with Gasteiger partial charge in [0.05, 0.1) is 13.2 Å². The molecular weight excluding hydrogens is 234 g/mol. The highest BCUT2D eigenvalue weighted by molar-refractivity contribution is 6.08. The van der Waals surface area contributed by atoms with Gasteiger partial charge in [0.15, 0.2) is 5.84 Å². The number of azo groups is 1. The molecule has 2 aliphatic heterocycles. The minimum absolute atomic E-state index is 0.404. The quantitative estimate of drug-likeness (QED) is 0.750. The fourth-order valence-electron chi connectivity index (χ4n) is 1.79. The normalized spacial score (nSPS) is 23.4. The summed E-state index contributed by atoms with van der Waals surface area (Å²) in [5.74, 6) is 0.428. The van der Waals surface area contributed by atoms with Crippen LogP contribution in [0, 0.1) is 0 Å². The van der Waals surface area contributed by atoms with E-state index in [4.69, 9.17) is 4.74 Å². The first kappa shape index (κ1) is 12.8. The Bertz CT molecular complexity index is 385. The van der Waals surface area contributed by atoms with Crippen LogP contribution in [-0.2, 0) is 4.74 Å². The maximum atomic E-state index is 11.0. The molecule has 0 aromatic rings. The van der Waals surface area contributed by atoms with E-state index in [1.54, 1.807) is 0 Å². The summed E-state index contributed by atoms with van der Waals surface area (Å²) in [7, 11) is 0. The van der Waals surface area contributed by atoms with Gasteiger partial charge < -0.3 is 4.74 Å². The van der Waals surface area contributed by atoms with E-state index in [9.17, 15) is 4.79 Å². The Morgan fingerprint density at radius 2 is 2.17 bits per heavy atom. The zero-order chi connectivity index (χ0) is 12.8. The van der Waals surface area contributed by atoms with Gasteiger partial charge in [-0.05, 0) is 6.42 Å². The van der Waals surface area contributed by atoms with Crippen molar-refractivity contribution < 1.29 is 9.53 Å². The third kappa shape index (κ3) is 3.71. The molecule has 0 unspecified atom stereocenters. The summed E-state index contributed by atoms with van der Waals surface area (Å²) in [4.78, 5) is 17.6. The summed E-state index contributed by atoms with van der Waals surface area (Å²) in [6, 6.07) is -0.491. The lowest BCUT2D eigenvalue weighted by molar-refractivity contribution is 0.0377. The number of rotatable bonds is 4. The number of carbonyl (C=O) groups excluding carboxylic acids is 1. The summed E-state index contributed by atoms with van der Waals surface area (Å²) >= 11 is 0. The summed E-state index contributed by atoms with van der Waals surface area (Å²) < 4.78 is 5.28. The van der Waals surface area contributed by atoms with E-state index in [0.717, 1.165) is 39.3 Å². The second-order valence-corrected chi connectivity index (χ2v) is 4.11. The molecule has 2 heterocycles. The third-order valence-electron chi connectivity index (χ3n) is 2.77. The standard InChI is InChI=1S/C11H17N5O2/c1-9-10(13-11(17)15-14-9)12-3-2-4-16-5-7-18-8-6-16/h1-8H2,(H,12,13,17). The first-order chi connectivity index (χ1) is 8.75. The van der Waals surface area contributed by atoms with Crippen molar-refractivity contribution in [3.8, 4) is 0 Å². The lowest BCUT2D eigenvalue weighted by Crippen LogP contribution is -2.37. The van der Waals surface area contributed by atoms with Gasteiger partial charge in [0.2, 0.25) is 0 Å². The Hall–Kier alpha value is -1.60. The average Bonchev–Trinajstić information content (AvgIpc) is 2.40. The molecule has 2 rings (SSSR count). The predicted molar refractivity (Wildman–Crippen MR) is 66.7 cm³/mol. The van der Waals surface area contributed by atoms with Crippen molar-refractivity contribution >= 4 is 11.9 Å². The van der Waals surface area contributed by atoms with Gasteiger partial charge in [0.25, 0.3) is 0 Å². The van der Waals surface area contributed by atoms with Crippen LogP contribution < -0.4 is 5.32 Å². The van der Waals surface area contributed by atoms with E-state index < -0.39 is 6.03 Å². The number of morpholine rings is 1. The van der Waals surface area contributed by atoms with E-state index in [1.807, 2.05) is 0 Å². The van der Waals surface area contributed by atoms with Gasteiger partial charge >= 0.3 is 6.03 Å². The van der Waals surface area contributed by atoms with Crippen LogP contribution in [0.4, 0.5) is 4.79 Å². The van der Waals surface area contributed by atoms with Crippen molar-refractivity contribution in [1.29, 1.82) is 0 Å². The zero-order valence-corrected chi connectivity index (χ0v) is 10.3. The van der Waals surface area contributed by atoms with E-state index in [0.29, 0.717) is 18.1 Å². The molecule has 0 aromatic heterocycles. The molecule has 0 aliphatic carbocycles. The van der Waals surface area contributed by atoms with Crippen LogP contribution in [0.5, 0.6) is 0 Å². The Balaban J connectivity index is 1.72. The van der Waals surface area contributed by atoms with Crippen LogP contribution in [0.25, 0.3) is 0 Å². The van der Waals surface area contributed by atoms with Gasteiger partial charge in [-0.1, -0.05) is 11.7 Å². The number of hydrogen-bond donors (Lipinski definition) is 1. The Kier molecular flexibility index (Phi) is 4.54. The first-order valence-electron chi connectivity index (χ1n) is 6.02. The van der Waals surface area contributed by atoms with Gasteiger partial charge in [0.1, 0.15) is 5.70 Å². The largest absolute Gasteiger partial charge is 0.379 e. The number of carbonyl (C=O) groups is 1. The lowest BCUT2D eigenvalue weighted by Gasteiger charge is -2.26. The van der Waals surface area contributed by atoms with E-state index >= 15 is 0 Å². The second kappa shape index (κ2) is 6.36. The molecular formula is C11H17N5O2. The highest BCUT2D eigenvalue weighted by atomic mass is 16.5. The summed E-state index contributed by atoms with van der Waals surface area (Å²) in [5, 5.41) is 9.48. The molecule has 98 valence electrons. The molecule has 7 nitrogen and oxygen atoms in total. The van der Waals surface area contributed by atoms with Crippen molar-refractivity contribution in [1.82, 2.24) is 10.2 Å². The number of urea groups is 1. The van der Waals surface area contributed by atoms with Crippen LogP contribution in [0.1, 0.15) is 6.42 Å². The third-order valence-corrected chi connectivity index (χ3v) is 2.77. The number of nitrogens with zero attached hydrogens (tertiary/aromatic N) is 4. The number of nitrogens with one attached hydrogen (secondary N) is 1. The first-order valence-corrected chi connectivity index (χ1v) is 6.02. The molecule has 0 saturated carbocycles. The molecule has 1 saturated heterocycles. The SMILES string of the molecule is C=C1N=NC(=O)NC1=NCCCN1CCOCC1. The smallest absolute Gasteiger partial charge is 0.365 e. The Labute approximate surface area is 106 Å². The van der Waals surface area contributed by atoms with Crippen molar-refractivity contribution in [2.24, 2.45) is 15.2 Å². The molecule has 0 radical (unpaired) electrons. The van der Waals surface area contributed by atoms with Crippen LogP contribution >= 0.6 is 0 Å². The second-order valence-electron chi connectivity index (χ2n) is 4.11. The molecule has 0 aromatic carbocycles. The van der Waals surface area contributed by atoms with Gasteiger partial charge in [-0.15, -0.1) is 5.11 Å². The van der Waals surface area contributed by atoms with Crippen LogP contribution in [-0.4, -0.2) is 56.2 Å². The minimum atomic E-state index is -0.491. The maximum absolute atomic E-state index is 11.0. The fraction of sp³-hybridized carbons (Fsp3) is 0.636. The molecule has 1 N–H and O–H groups in total. The van der Waals surface area contributed by atoms with Gasteiger partial charge in [-0.2, -0.15) is 0 Å². The molecule has 1 fully saturated rings. The molecule has 0 bridgehead atoms. The van der Waals surface area contributed by atoms with Gasteiger partial charge in [0, 0.05) is 26.2 Å². The number of ether oxygens (including phenoxy) is 1. The van der Waals surface area contributed by atoms with Gasteiger partial charge in [-0.3, -0.25) is 15.2 Å². The molecule has 7 heteroatoms. The molecule has 0 spiro atoms. The van der Waals surface area contributed by atoms with Crippen LogP contribution in [0.2, 0.25) is 0 Å². The lowest BCUT2D eigenvalue weighted by atomic mass is 10.3. The van der Waals surface area contributed by atoms with E-state index in [2.05, 4.69) is 32.0 Å². The average molecular weight is 251 g/mol. The number of amidine groups is 1. The predicted octanol–water partition coefficient (Wildman–Crippen LogP) is 0.796. The molecule has 2 amide bonds. The van der Waals surface area contributed by atoms with Crippen LogP contribution in [0.15, 0.2) is 27.5 Å². The highest BCUT2D eigenvalue weighted by Gasteiger charge is 2.14. The topological polar surface area (TPSA) is 78.7 Å². The van der Waals surface area contributed by atoms with E-state index in [1.165, 1.54) is 0 Å². The fourth-order valence-corrected chi connectivity index (χ4v) is 1.79. The van der Waals surface area contributed by atoms with Crippen molar-refractivity contribution in [2.45, 2.75) is 6.42 Å².